The molecule has 2 aliphatic rings. The number of hydrogen-bond donors (Lipinski definition) is 1. The van der Waals surface area contributed by atoms with Crippen LogP contribution in [-0.2, 0) is 6.42 Å². The van der Waals surface area contributed by atoms with Crippen molar-refractivity contribution in [2.45, 2.75) is 31.9 Å². The van der Waals surface area contributed by atoms with E-state index in [-0.39, 0.29) is 5.91 Å². The number of pyridine rings is 1. The van der Waals surface area contributed by atoms with Gasteiger partial charge in [0.05, 0.1) is 16.3 Å². The molecule has 29 heavy (non-hydrogen) atoms. The minimum atomic E-state index is -1.06. The predicted octanol–water partition coefficient (Wildman–Crippen LogP) is 3.90. The Morgan fingerprint density at radius 1 is 1.24 bits per heavy atom. The lowest BCUT2D eigenvalue weighted by molar-refractivity contribution is 0.0607. The lowest BCUT2D eigenvalue weighted by Gasteiger charge is -2.26. The summed E-state index contributed by atoms with van der Waals surface area (Å²) in [5, 5.41) is 9.57. The summed E-state index contributed by atoms with van der Waals surface area (Å²) in [7, 11) is 1.47. The number of likely N-dealkylation sites (N-methyl/N-ethyl adjacent to an activating group) is 1. The fourth-order valence-corrected chi connectivity index (χ4v) is 4.04. The molecule has 1 atom stereocenters. The molecule has 2 aliphatic heterocycles. The summed E-state index contributed by atoms with van der Waals surface area (Å²) in [4.78, 5) is 31.3. The first-order chi connectivity index (χ1) is 13.9. The number of nitrogens with zero attached hydrogens (tertiary/aromatic N) is 3. The lowest BCUT2D eigenvalue weighted by Crippen LogP contribution is -2.38. The molecule has 152 valence electrons. The molecule has 0 bridgehead atoms. The molecule has 2 aromatic rings. The Kier molecular flexibility index (Phi) is 5.32. The van der Waals surface area contributed by atoms with Gasteiger partial charge in [-0.15, -0.1) is 0 Å². The average molecular weight is 416 g/mol. The van der Waals surface area contributed by atoms with Gasteiger partial charge in [-0.05, 0) is 43.5 Å². The number of halogens is 1. The summed E-state index contributed by atoms with van der Waals surface area (Å²) in [5.74, 6) is 0.522. The van der Waals surface area contributed by atoms with Crippen molar-refractivity contribution >= 4 is 23.6 Å². The maximum atomic E-state index is 12.6. The number of carboxylic acid groups (broad SMARTS) is 1. The first kappa shape index (κ1) is 19.5. The molecular weight excluding hydrogens is 394 g/mol. The van der Waals surface area contributed by atoms with E-state index in [4.69, 9.17) is 21.4 Å². The highest BCUT2D eigenvalue weighted by Crippen LogP contribution is 2.39. The van der Waals surface area contributed by atoms with Crippen molar-refractivity contribution in [2.75, 3.05) is 20.1 Å². The van der Waals surface area contributed by atoms with Gasteiger partial charge >= 0.3 is 6.09 Å². The smallest absolute Gasteiger partial charge is 0.409 e. The number of piperidine rings is 1. The van der Waals surface area contributed by atoms with Crippen molar-refractivity contribution in [2.24, 2.45) is 0 Å². The van der Waals surface area contributed by atoms with Crippen LogP contribution in [-0.4, -0.2) is 58.3 Å². The Labute approximate surface area is 173 Å². The van der Waals surface area contributed by atoms with Crippen LogP contribution in [0, 0.1) is 0 Å². The van der Waals surface area contributed by atoms with Crippen LogP contribution in [0.5, 0.6) is 5.75 Å². The lowest BCUT2D eigenvalue weighted by atomic mass is 10.0. The standard InChI is InChI=1S/C21H22ClN3O4/c1-24(21(27)28)18-11-15-9-14(10-16(22)19(15)29-18)17-6-5-13(12-23-17)20(26)25-7-3-2-4-8-25/h5-6,9-10,12,18H,2-4,7-8,11H2,1H3,(H,27,28). The van der Waals surface area contributed by atoms with Gasteiger partial charge in [0.2, 0.25) is 0 Å². The Hall–Kier alpha value is -2.80. The third-order valence-corrected chi connectivity index (χ3v) is 5.73. The monoisotopic (exact) mass is 415 g/mol. The molecule has 0 radical (unpaired) electrons. The number of likely N-dealkylation sites (tertiary alicyclic amines) is 1. The number of fused-ring (bicyclic) bond motifs is 1. The number of carbonyl (C=O) groups is 2. The van der Waals surface area contributed by atoms with Gasteiger partial charge in [-0.2, -0.15) is 0 Å². The predicted molar refractivity (Wildman–Crippen MR) is 108 cm³/mol. The van der Waals surface area contributed by atoms with Gasteiger partial charge in [0.1, 0.15) is 5.75 Å². The molecule has 0 spiro atoms. The molecule has 3 heterocycles. The van der Waals surface area contributed by atoms with Crippen LogP contribution >= 0.6 is 11.6 Å². The zero-order valence-electron chi connectivity index (χ0n) is 16.1. The summed E-state index contributed by atoms with van der Waals surface area (Å²) >= 11 is 6.38. The number of hydrogen-bond acceptors (Lipinski definition) is 4. The SMILES string of the molecule is CN(C(=O)O)C1Cc2cc(-c3ccc(C(=O)N4CCCCC4)cn3)cc(Cl)c2O1. The van der Waals surface area contributed by atoms with Crippen molar-refractivity contribution in [1.82, 2.24) is 14.8 Å². The summed E-state index contributed by atoms with van der Waals surface area (Å²) < 4.78 is 5.71. The molecule has 1 aromatic heterocycles. The summed E-state index contributed by atoms with van der Waals surface area (Å²) in [6, 6.07) is 7.26. The molecule has 7 nitrogen and oxygen atoms in total. The highest BCUT2D eigenvalue weighted by Gasteiger charge is 2.31. The highest BCUT2D eigenvalue weighted by atomic mass is 35.5. The van der Waals surface area contributed by atoms with E-state index in [0.717, 1.165) is 42.0 Å². The van der Waals surface area contributed by atoms with Gasteiger partial charge in [-0.3, -0.25) is 14.7 Å². The van der Waals surface area contributed by atoms with Crippen molar-refractivity contribution in [3.05, 3.63) is 46.6 Å². The minimum absolute atomic E-state index is 0.0173. The minimum Gasteiger partial charge on any atom is -0.468 e. The Morgan fingerprint density at radius 3 is 2.66 bits per heavy atom. The first-order valence-corrected chi connectivity index (χ1v) is 10.0. The van der Waals surface area contributed by atoms with Gasteiger partial charge in [0.15, 0.2) is 6.23 Å². The Morgan fingerprint density at radius 2 is 2.00 bits per heavy atom. The molecule has 1 fully saturated rings. The Bertz CT molecular complexity index is 942. The fourth-order valence-electron chi connectivity index (χ4n) is 3.76. The van der Waals surface area contributed by atoms with Crippen LogP contribution in [0.25, 0.3) is 11.3 Å². The fraction of sp³-hybridized carbons (Fsp3) is 0.381. The van der Waals surface area contributed by atoms with Gasteiger partial charge < -0.3 is 14.7 Å². The summed E-state index contributed by atoms with van der Waals surface area (Å²) in [5.41, 5.74) is 2.91. The van der Waals surface area contributed by atoms with E-state index >= 15 is 0 Å². The second-order valence-corrected chi connectivity index (χ2v) is 7.81. The van der Waals surface area contributed by atoms with Gasteiger partial charge in [-0.25, -0.2) is 4.79 Å². The highest BCUT2D eigenvalue weighted by molar-refractivity contribution is 6.32. The van der Waals surface area contributed by atoms with Crippen LogP contribution < -0.4 is 4.74 Å². The van der Waals surface area contributed by atoms with Crippen molar-refractivity contribution in [3.63, 3.8) is 0 Å². The van der Waals surface area contributed by atoms with Crippen LogP contribution in [0.1, 0.15) is 35.2 Å². The summed E-state index contributed by atoms with van der Waals surface area (Å²) in [6.07, 6.45) is 3.62. The number of benzene rings is 1. The molecule has 0 aliphatic carbocycles. The third kappa shape index (κ3) is 3.87. The van der Waals surface area contributed by atoms with Crippen molar-refractivity contribution < 1.29 is 19.4 Å². The van der Waals surface area contributed by atoms with E-state index < -0.39 is 12.3 Å². The Balaban J connectivity index is 1.54. The molecule has 2 amide bonds. The number of rotatable bonds is 3. The normalized spacial score (nSPS) is 18.1. The van der Waals surface area contributed by atoms with Crippen LogP contribution in [0.15, 0.2) is 30.5 Å². The van der Waals surface area contributed by atoms with E-state index in [1.165, 1.54) is 13.5 Å². The molecule has 8 heteroatoms. The van der Waals surface area contributed by atoms with Crippen LogP contribution in [0.2, 0.25) is 5.02 Å². The third-order valence-electron chi connectivity index (χ3n) is 5.45. The topological polar surface area (TPSA) is 83.0 Å². The van der Waals surface area contributed by atoms with E-state index in [1.807, 2.05) is 17.0 Å². The van der Waals surface area contributed by atoms with Crippen molar-refractivity contribution in [1.29, 1.82) is 0 Å². The van der Waals surface area contributed by atoms with E-state index in [0.29, 0.717) is 28.5 Å². The van der Waals surface area contributed by atoms with Crippen LogP contribution in [0.3, 0.4) is 0 Å². The zero-order valence-corrected chi connectivity index (χ0v) is 16.9. The quantitative estimate of drug-likeness (QED) is 0.822. The molecule has 1 unspecified atom stereocenters. The largest absolute Gasteiger partial charge is 0.468 e. The van der Waals surface area contributed by atoms with E-state index in [9.17, 15) is 9.59 Å². The number of carbonyl (C=O) groups excluding carboxylic acids is 1. The summed E-state index contributed by atoms with van der Waals surface area (Å²) in [6.45, 7) is 1.60. The molecule has 1 N–H and O–H groups in total. The molecule has 1 saturated heterocycles. The zero-order chi connectivity index (χ0) is 20.5. The molecule has 0 saturated carbocycles. The number of ether oxygens (including phenoxy) is 1. The number of aromatic nitrogens is 1. The maximum absolute atomic E-state index is 12.6. The van der Waals surface area contributed by atoms with Gasteiger partial charge in [0.25, 0.3) is 5.91 Å². The van der Waals surface area contributed by atoms with Gasteiger partial charge in [-0.1, -0.05) is 11.6 Å². The average Bonchev–Trinajstić information content (AvgIpc) is 3.18. The van der Waals surface area contributed by atoms with Crippen LogP contribution in [0.4, 0.5) is 4.79 Å². The molecule has 4 rings (SSSR count). The van der Waals surface area contributed by atoms with Gasteiger partial charge in [0, 0.05) is 43.9 Å². The van der Waals surface area contributed by atoms with E-state index in [1.54, 1.807) is 18.3 Å². The number of amides is 2. The molecule has 1 aromatic carbocycles. The molecular formula is C21H22ClN3O4. The maximum Gasteiger partial charge on any atom is 0.409 e. The second kappa shape index (κ2) is 7.91. The van der Waals surface area contributed by atoms with E-state index in [2.05, 4.69) is 4.98 Å². The van der Waals surface area contributed by atoms with Crippen molar-refractivity contribution in [3.8, 4) is 17.0 Å². The first-order valence-electron chi connectivity index (χ1n) is 9.64. The second-order valence-electron chi connectivity index (χ2n) is 7.40.